The smallest absolute Gasteiger partial charge is 0.433 e. The van der Waals surface area contributed by atoms with Gasteiger partial charge in [-0.1, -0.05) is 55.3 Å². The third-order valence-electron chi connectivity index (χ3n) is 23.3. The molecular weight excluding hydrogens is 1480 g/mol. The van der Waals surface area contributed by atoms with Crippen molar-refractivity contribution in [2.75, 3.05) is 23.3 Å². The number of piperidine rings is 2. The number of hydrogen-bond donors (Lipinski definition) is 1. The average molecular weight is 1570 g/mol. The number of nitrogens with zero attached hydrogens (tertiary/aromatic N) is 13. The summed E-state index contributed by atoms with van der Waals surface area (Å²) >= 11 is 0. The van der Waals surface area contributed by atoms with Gasteiger partial charge in [0.25, 0.3) is 0 Å². The van der Waals surface area contributed by atoms with Crippen molar-refractivity contribution in [3.63, 3.8) is 0 Å². The number of benzene rings is 3. The van der Waals surface area contributed by atoms with Crippen LogP contribution < -0.4 is 10.2 Å². The van der Waals surface area contributed by atoms with Gasteiger partial charge in [-0.2, -0.15) is 36.5 Å². The van der Waals surface area contributed by atoms with Gasteiger partial charge in [-0.05, 0) is 167 Å². The average Bonchev–Trinajstić information content (AvgIpc) is 1.54. The predicted molar refractivity (Wildman–Crippen MR) is 406 cm³/mol. The van der Waals surface area contributed by atoms with Gasteiger partial charge in [0.1, 0.15) is 65.7 Å². The third kappa shape index (κ3) is 16.7. The lowest BCUT2D eigenvalue weighted by atomic mass is 9.90. The summed E-state index contributed by atoms with van der Waals surface area (Å²) in [7, 11) is 0. The Balaban J connectivity index is 0.000000192. The number of pyridine rings is 2. The number of ketones is 6. The molecule has 4 aliphatic heterocycles. The highest BCUT2D eigenvalue weighted by atomic mass is 19.4. The Morgan fingerprint density at radius 3 is 1.48 bits per heavy atom. The summed E-state index contributed by atoms with van der Waals surface area (Å²) in [6.07, 6.45) is 3.93. The number of carbonyl (C=O) groups excluding carboxylic acids is 9. The topological polar surface area (TPSA) is 298 Å². The monoisotopic (exact) mass is 1560 g/mol. The molecule has 0 unspecified atom stereocenters. The zero-order valence-electron chi connectivity index (χ0n) is 64.1. The van der Waals surface area contributed by atoms with Gasteiger partial charge in [-0.15, -0.1) is 0 Å². The van der Waals surface area contributed by atoms with E-state index >= 15 is 0 Å². The van der Waals surface area contributed by atoms with Gasteiger partial charge >= 0.3 is 18.4 Å². The predicted octanol–water partition coefficient (Wildman–Crippen LogP) is 14.2. The summed E-state index contributed by atoms with van der Waals surface area (Å²) in [4.78, 5) is 154. The van der Waals surface area contributed by atoms with Gasteiger partial charge in [0.05, 0.1) is 58.7 Å². The highest BCUT2D eigenvalue weighted by Gasteiger charge is 2.68. The molecule has 2 saturated carbocycles. The van der Waals surface area contributed by atoms with Gasteiger partial charge in [-0.25, -0.2) is 34.7 Å². The normalized spacial score (nSPS) is 21.6. The molecule has 30 heteroatoms. The summed E-state index contributed by atoms with van der Waals surface area (Å²) < 4.78 is 90.4. The Labute approximate surface area is 652 Å². The van der Waals surface area contributed by atoms with E-state index in [-0.39, 0.29) is 85.1 Å². The second kappa shape index (κ2) is 31.9. The Bertz CT molecular complexity index is 5320. The zero-order chi connectivity index (χ0) is 80.9. The lowest BCUT2D eigenvalue weighted by Gasteiger charge is -2.28. The van der Waals surface area contributed by atoms with E-state index in [1.165, 1.54) is 45.1 Å². The first-order chi connectivity index (χ1) is 54.3. The van der Waals surface area contributed by atoms with Gasteiger partial charge in [0.15, 0.2) is 23.1 Å². The molecule has 6 aromatic heterocycles. The fourth-order valence-electron chi connectivity index (χ4n) is 16.9. The summed E-state index contributed by atoms with van der Waals surface area (Å²) in [6, 6.07) is 18.2. The van der Waals surface area contributed by atoms with Crippen LogP contribution >= 0.6 is 0 Å². The lowest BCUT2D eigenvalue weighted by Crippen LogP contribution is -2.45. The number of amides is 3. The first-order valence-corrected chi connectivity index (χ1v) is 38.6. The number of carbonyl (C=O) groups is 9. The number of rotatable bonds is 12. The Kier molecular flexibility index (Phi) is 22.2. The molecule has 15 rings (SSSR count). The van der Waals surface area contributed by atoms with Crippen LogP contribution in [0.5, 0.6) is 0 Å². The van der Waals surface area contributed by atoms with Crippen LogP contribution in [0.3, 0.4) is 0 Å². The molecule has 3 amide bonds. The fourth-order valence-corrected chi connectivity index (χ4v) is 16.9. The lowest BCUT2D eigenvalue weighted by molar-refractivity contribution is -0.142. The molecule has 10 heterocycles. The first-order valence-electron chi connectivity index (χ1n) is 38.6. The minimum absolute atomic E-state index is 0.0150. The van der Waals surface area contributed by atoms with Gasteiger partial charge in [-0.3, -0.25) is 52.6 Å². The molecule has 4 bridgehead atoms. The summed E-state index contributed by atoms with van der Waals surface area (Å²) in [5.74, 6) is -1.10. The van der Waals surface area contributed by atoms with E-state index in [1.54, 1.807) is 69.5 Å². The molecule has 6 aliphatic rings. The number of halogens is 6. The maximum absolute atomic E-state index is 14.8. The Morgan fingerprint density at radius 1 is 0.535 bits per heavy atom. The molecule has 2 saturated heterocycles. The largest absolute Gasteiger partial charge is 0.444 e. The maximum atomic E-state index is 14.8. The molecular formula is C84H86F6N14O10. The molecule has 0 radical (unpaired) electrons. The van der Waals surface area contributed by atoms with E-state index in [2.05, 4.69) is 40.3 Å². The van der Waals surface area contributed by atoms with Crippen molar-refractivity contribution in [2.45, 2.75) is 213 Å². The number of anilines is 2. The standard InChI is InChI=1S/C46H46F3N7O6.C38H40F3N7O4/c1-27-13-14-39(46(47,48)49)52-35(27)20-38(59)37-21-45-16-15-33(58)12-8-5-9-17-54(44(61)62-26-30-10-6-4-7-11-30)36-19-31(32-23-50-29(3)51-24-32)18-34-42(28(2)57)53-55(43(34)36)25-41(60)56(37)40(45)22-45;1-21-8-9-32(38(39,40)41)45-28(21)15-31(51)30-16-37-11-10-26(50)7-5-4-6-12-42-29-14-24(25-18-43-23(3)44-19-25)13-27-35(22(2)49)46-47(36(27)29)20-34(52)48(30)33(37)17-37/h4,6-7,10-11,13-14,18-19,23-24,37,40H,5,8-9,12,15-17,20-22,25-26H2,1-3H3;8-9,13-14,18-19,30,33,42H,4-7,10-12,15-17,20H2,1-3H3/t37-,40+,45-;30-,33+,37-/m00/s1. The van der Waals surface area contributed by atoms with E-state index < -0.39 is 101 Å². The van der Waals surface area contributed by atoms with E-state index in [0.717, 1.165) is 48.1 Å². The van der Waals surface area contributed by atoms with Crippen LogP contribution in [0.15, 0.2) is 104 Å². The van der Waals surface area contributed by atoms with Gasteiger partial charge in [0, 0.05) is 111 Å². The molecule has 114 heavy (non-hydrogen) atoms. The first kappa shape index (κ1) is 79.3. The van der Waals surface area contributed by atoms with Crippen molar-refractivity contribution in [2.24, 2.45) is 10.8 Å². The maximum Gasteiger partial charge on any atom is 0.433 e. The van der Waals surface area contributed by atoms with Crippen LogP contribution in [0.2, 0.25) is 0 Å². The molecule has 24 nitrogen and oxygen atoms in total. The zero-order valence-corrected chi connectivity index (χ0v) is 64.1. The molecule has 594 valence electrons. The molecule has 9 aromatic rings. The SMILES string of the molecule is CC(=O)c1nn2c3c(cc(-c4cnc(C)nc4)cc13)N(C(=O)OCc1ccccc1)CCCCCC(=O)CC[C@@]13C[C@@H](C(=O)Cc4nc(C(F)(F)F)ccc4C)N(C(=O)C2)[C@@H]1C3.CC(=O)c1nn2c3c(cc(-c4cnc(C)nc4)cc13)NCCCCCC(=O)CC[C@@]13C[C@@H](C(=O)Cc4nc(C(F)(F)F)ccc4C)N(C(=O)C2)[C@@H]1C3. The molecule has 0 spiro atoms. The van der Waals surface area contributed by atoms with Crippen LogP contribution in [0.25, 0.3) is 44.1 Å². The van der Waals surface area contributed by atoms with Gasteiger partial charge < -0.3 is 19.9 Å². The quantitative estimate of drug-likeness (QED) is 0.0877. The van der Waals surface area contributed by atoms with E-state index in [9.17, 15) is 69.5 Å². The van der Waals surface area contributed by atoms with Crippen molar-refractivity contribution in [3.8, 4) is 22.3 Å². The Morgan fingerprint density at radius 2 is 1.00 bits per heavy atom. The summed E-state index contributed by atoms with van der Waals surface area (Å²) in [5.41, 5.74) is 3.20. The van der Waals surface area contributed by atoms with Gasteiger partial charge in [0.2, 0.25) is 11.8 Å². The molecule has 4 fully saturated rings. The van der Waals surface area contributed by atoms with Crippen molar-refractivity contribution >= 4 is 85.8 Å². The van der Waals surface area contributed by atoms with E-state index in [0.29, 0.717) is 144 Å². The van der Waals surface area contributed by atoms with Crippen molar-refractivity contribution < 1.29 is 74.2 Å². The highest BCUT2D eigenvalue weighted by Crippen LogP contribution is 2.64. The summed E-state index contributed by atoms with van der Waals surface area (Å²) in [5, 5.41) is 13.7. The van der Waals surface area contributed by atoms with Crippen LogP contribution in [-0.4, -0.2) is 149 Å². The number of aromatic nitrogens is 10. The number of Topliss-reactive ketones (excluding diaryl/α,β-unsaturated/α-hetero) is 6. The molecule has 6 atom stereocenters. The number of aryl methyl sites for hydroxylation is 4. The van der Waals surface area contributed by atoms with E-state index in [1.807, 2.05) is 42.5 Å². The highest BCUT2D eigenvalue weighted by molar-refractivity contribution is 6.12. The summed E-state index contributed by atoms with van der Waals surface area (Å²) in [6.45, 7) is 9.49. The number of alkyl halides is 6. The Hall–Kier alpha value is -11.3. The number of ether oxygens (including phenoxy) is 1. The van der Waals surface area contributed by atoms with E-state index in [4.69, 9.17) is 9.84 Å². The van der Waals surface area contributed by atoms with Crippen LogP contribution in [0.1, 0.15) is 189 Å². The van der Waals surface area contributed by atoms with Crippen molar-refractivity contribution in [1.29, 1.82) is 0 Å². The molecule has 3 aromatic carbocycles. The van der Waals surface area contributed by atoms with Crippen LogP contribution in [0.4, 0.5) is 42.5 Å². The number of hydrogen-bond acceptors (Lipinski definition) is 19. The third-order valence-corrected chi connectivity index (χ3v) is 23.3. The van der Waals surface area contributed by atoms with Crippen molar-refractivity contribution in [1.82, 2.24) is 59.3 Å². The fraction of sp³-hybridized carbons (Fsp3) is 0.440. The molecule has 1 N–H and O–H groups in total. The minimum Gasteiger partial charge on any atom is -0.444 e. The second-order valence-corrected chi connectivity index (χ2v) is 31.2. The van der Waals surface area contributed by atoms with Crippen LogP contribution in [0, 0.1) is 38.5 Å². The second-order valence-electron chi connectivity index (χ2n) is 31.2. The van der Waals surface area contributed by atoms with Crippen LogP contribution in [-0.2, 0) is 78.4 Å². The van der Waals surface area contributed by atoms with Crippen molar-refractivity contribution in [3.05, 3.63) is 166 Å². The minimum atomic E-state index is -4.72. The molecule has 2 aliphatic carbocycles. The number of nitrogens with one attached hydrogen (secondary N) is 1.